The van der Waals surface area contributed by atoms with Crippen LogP contribution in [0.1, 0.15) is 12.5 Å². The van der Waals surface area contributed by atoms with Gasteiger partial charge in [-0.25, -0.2) is 0 Å². The Hall–Kier alpha value is -1.74. The summed E-state index contributed by atoms with van der Waals surface area (Å²) in [6.07, 6.45) is 4.27. The molecule has 0 unspecified atom stereocenters. The van der Waals surface area contributed by atoms with Gasteiger partial charge in [-0.15, -0.1) is 0 Å². The molecule has 1 aromatic carbocycles. The van der Waals surface area contributed by atoms with Gasteiger partial charge in [0.05, 0.1) is 0 Å². The van der Waals surface area contributed by atoms with Crippen LogP contribution in [0.25, 0.3) is 16.5 Å². The van der Waals surface area contributed by atoms with Crippen molar-refractivity contribution in [2.75, 3.05) is 13.1 Å². The van der Waals surface area contributed by atoms with Crippen LogP contribution >= 0.6 is 0 Å². The zero-order valence-corrected chi connectivity index (χ0v) is 9.83. The molecule has 0 radical (unpaired) electrons. The normalized spacial score (nSPS) is 20.5. The Kier molecular flexibility index (Phi) is 2.41. The Balaban J connectivity index is 2.18. The molecule has 3 heteroatoms. The van der Waals surface area contributed by atoms with Crippen LogP contribution in [0.5, 0.6) is 5.75 Å². The van der Waals surface area contributed by atoms with E-state index in [4.69, 9.17) is 0 Å². The molecule has 1 aromatic heterocycles. The van der Waals surface area contributed by atoms with Crippen molar-refractivity contribution in [1.29, 1.82) is 0 Å². The quantitative estimate of drug-likeness (QED) is 0.702. The standard InChI is InChI=1S/C14H16N2O/c1-9-5-10(7-15-6-9)11-8-16-12-3-2-4-13(17)14(11)12/h2-5,8-9,15-17H,6-7H2,1H3/t9-/m0/s1. The lowest BCUT2D eigenvalue weighted by atomic mass is 9.97. The number of hydrogen-bond acceptors (Lipinski definition) is 2. The van der Waals surface area contributed by atoms with Gasteiger partial charge in [-0.2, -0.15) is 0 Å². The largest absolute Gasteiger partial charge is 0.507 e. The molecule has 0 bridgehead atoms. The predicted octanol–water partition coefficient (Wildman–Crippen LogP) is 2.50. The number of hydrogen-bond donors (Lipinski definition) is 3. The number of phenolic OH excluding ortho intramolecular Hbond substituents is 1. The summed E-state index contributed by atoms with van der Waals surface area (Å²) < 4.78 is 0. The summed E-state index contributed by atoms with van der Waals surface area (Å²) in [7, 11) is 0. The monoisotopic (exact) mass is 228 g/mol. The first-order chi connectivity index (χ1) is 8.25. The molecule has 2 heterocycles. The van der Waals surface area contributed by atoms with Crippen LogP contribution in [-0.2, 0) is 0 Å². The first kappa shape index (κ1) is 10.4. The van der Waals surface area contributed by atoms with E-state index in [9.17, 15) is 5.11 Å². The van der Waals surface area contributed by atoms with Gasteiger partial charge in [-0.3, -0.25) is 0 Å². The first-order valence-electron chi connectivity index (χ1n) is 5.96. The van der Waals surface area contributed by atoms with Crippen molar-refractivity contribution in [3.63, 3.8) is 0 Å². The van der Waals surface area contributed by atoms with E-state index in [1.54, 1.807) is 6.07 Å². The molecule has 0 saturated carbocycles. The zero-order valence-electron chi connectivity index (χ0n) is 9.83. The minimum Gasteiger partial charge on any atom is -0.507 e. The number of nitrogens with one attached hydrogen (secondary N) is 2. The Morgan fingerprint density at radius 1 is 1.35 bits per heavy atom. The maximum atomic E-state index is 9.97. The molecule has 1 aliphatic rings. The maximum Gasteiger partial charge on any atom is 0.125 e. The molecule has 3 nitrogen and oxygen atoms in total. The van der Waals surface area contributed by atoms with Crippen LogP contribution in [0, 0.1) is 5.92 Å². The van der Waals surface area contributed by atoms with Crippen molar-refractivity contribution >= 4 is 16.5 Å². The summed E-state index contributed by atoms with van der Waals surface area (Å²) in [6.45, 7) is 4.09. The van der Waals surface area contributed by atoms with E-state index in [2.05, 4.69) is 23.3 Å². The maximum absolute atomic E-state index is 9.97. The molecule has 3 rings (SSSR count). The summed E-state index contributed by atoms with van der Waals surface area (Å²) in [5.74, 6) is 0.882. The molecule has 88 valence electrons. The molecular weight excluding hydrogens is 212 g/mol. The fourth-order valence-corrected chi connectivity index (χ4v) is 2.50. The van der Waals surface area contributed by atoms with E-state index < -0.39 is 0 Å². The highest BCUT2D eigenvalue weighted by atomic mass is 16.3. The number of aromatic hydroxyl groups is 1. The van der Waals surface area contributed by atoms with Crippen LogP contribution in [0.15, 0.2) is 30.5 Å². The van der Waals surface area contributed by atoms with Gasteiger partial charge in [0.25, 0.3) is 0 Å². The number of aromatic amines is 1. The van der Waals surface area contributed by atoms with Crippen LogP contribution < -0.4 is 5.32 Å². The third-order valence-corrected chi connectivity index (χ3v) is 3.30. The Bertz CT molecular complexity index is 583. The van der Waals surface area contributed by atoms with E-state index >= 15 is 0 Å². The van der Waals surface area contributed by atoms with Crippen LogP contribution in [0.2, 0.25) is 0 Å². The number of rotatable bonds is 1. The predicted molar refractivity (Wildman–Crippen MR) is 70.0 cm³/mol. The molecule has 2 aromatic rings. The van der Waals surface area contributed by atoms with E-state index in [0.717, 1.165) is 29.6 Å². The highest BCUT2D eigenvalue weighted by Crippen LogP contribution is 2.32. The number of aromatic nitrogens is 1. The van der Waals surface area contributed by atoms with E-state index in [1.165, 1.54) is 5.57 Å². The third-order valence-electron chi connectivity index (χ3n) is 3.30. The Morgan fingerprint density at radius 3 is 3.06 bits per heavy atom. The van der Waals surface area contributed by atoms with Crippen molar-refractivity contribution in [1.82, 2.24) is 10.3 Å². The van der Waals surface area contributed by atoms with Gasteiger partial charge in [-0.05, 0) is 23.6 Å². The summed E-state index contributed by atoms with van der Waals surface area (Å²) >= 11 is 0. The first-order valence-corrected chi connectivity index (χ1v) is 5.96. The van der Waals surface area contributed by atoms with E-state index in [0.29, 0.717) is 11.7 Å². The van der Waals surface area contributed by atoms with Crippen LogP contribution in [0.4, 0.5) is 0 Å². The third kappa shape index (κ3) is 1.72. The fourth-order valence-electron chi connectivity index (χ4n) is 2.50. The topological polar surface area (TPSA) is 48.0 Å². The second kappa shape index (κ2) is 3.93. The number of benzene rings is 1. The average molecular weight is 228 g/mol. The second-order valence-corrected chi connectivity index (χ2v) is 4.70. The molecule has 0 aliphatic carbocycles. The van der Waals surface area contributed by atoms with Gasteiger partial charge in [-0.1, -0.05) is 19.1 Å². The SMILES string of the molecule is C[C@H]1C=C(c2c[nH]c3cccc(O)c23)CNC1. The smallest absolute Gasteiger partial charge is 0.125 e. The van der Waals surface area contributed by atoms with Gasteiger partial charge in [0.15, 0.2) is 0 Å². The fraction of sp³-hybridized carbons (Fsp3) is 0.286. The van der Waals surface area contributed by atoms with Crippen molar-refractivity contribution < 1.29 is 5.11 Å². The zero-order chi connectivity index (χ0) is 11.8. The summed E-state index contributed by atoms with van der Waals surface area (Å²) in [6, 6.07) is 5.58. The minimum absolute atomic E-state index is 0.345. The number of H-pyrrole nitrogens is 1. The molecule has 3 N–H and O–H groups in total. The van der Waals surface area contributed by atoms with Gasteiger partial charge < -0.3 is 15.4 Å². The molecule has 1 atom stereocenters. The van der Waals surface area contributed by atoms with Crippen LogP contribution in [-0.4, -0.2) is 23.2 Å². The molecule has 0 saturated heterocycles. The van der Waals surface area contributed by atoms with Crippen molar-refractivity contribution in [2.45, 2.75) is 6.92 Å². The molecule has 0 amide bonds. The second-order valence-electron chi connectivity index (χ2n) is 4.70. The van der Waals surface area contributed by atoms with Crippen LogP contribution in [0.3, 0.4) is 0 Å². The number of fused-ring (bicyclic) bond motifs is 1. The van der Waals surface area contributed by atoms with E-state index in [1.807, 2.05) is 18.3 Å². The van der Waals surface area contributed by atoms with E-state index in [-0.39, 0.29) is 0 Å². The highest BCUT2D eigenvalue weighted by Gasteiger charge is 2.15. The summed E-state index contributed by atoms with van der Waals surface area (Å²) in [5.41, 5.74) is 3.35. The Morgan fingerprint density at radius 2 is 2.24 bits per heavy atom. The van der Waals surface area contributed by atoms with Crippen molar-refractivity contribution in [3.05, 3.63) is 36.0 Å². The lowest BCUT2D eigenvalue weighted by Gasteiger charge is -2.19. The van der Waals surface area contributed by atoms with Crippen molar-refractivity contribution in [3.8, 4) is 5.75 Å². The van der Waals surface area contributed by atoms with Gasteiger partial charge >= 0.3 is 0 Å². The lowest BCUT2D eigenvalue weighted by Crippen LogP contribution is -2.26. The average Bonchev–Trinajstić information content (AvgIpc) is 2.74. The highest BCUT2D eigenvalue weighted by molar-refractivity contribution is 5.97. The minimum atomic E-state index is 0.345. The van der Waals surface area contributed by atoms with Gasteiger partial charge in [0.2, 0.25) is 0 Å². The lowest BCUT2D eigenvalue weighted by molar-refractivity contribution is 0.481. The number of phenols is 1. The Labute approximate surface area is 100 Å². The summed E-state index contributed by atoms with van der Waals surface area (Å²) in [4.78, 5) is 3.21. The van der Waals surface area contributed by atoms with Gasteiger partial charge in [0, 0.05) is 35.8 Å². The molecular formula is C14H16N2O. The molecule has 0 fully saturated rings. The molecule has 17 heavy (non-hydrogen) atoms. The summed E-state index contributed by atoms with van der Waals surface area (Å²) in [5, 5.41) is 14.3. The molecule has 0 spiro atoms. The van der Waals surface area contributed by atoms with Crippen molar-refractivity contribution in [2.24, 2.45) is 5.92 Å². The van der Waals surface area contributed by atoms with Gasteiger partial charge in [0.1, 0.15) is 5.75 Å². The molecule has 1 aliphatic heterocycles.